The minimum Gasteiger partial charge on any atom is -0.508 e. The molecular formula is C22H30O. The van der Waals surface area contributed by atoms with Gasteiger partial charge in [-0.1, -0.05) is 83.2 Å². The van der Waals surface area contributed by atoms with Gasteiger partial charge in [0, 0.05) is 11.0 Å². The fourth-order valence-corrected chi connectivity index (χ4v) is 3.95. The van der Waals surface area contributed by atoms with Gasteiger partial charge < -0.3 is 5.11 Å². The van der Waals surface area contributed by atoms with Crippen molar-refractivity contribution in [2.24, 2.45) is 10.8 Å². The van der Waals surface area contributed by atoms with Crippen molar-refractivity contribution in [3.8, 4) is 0 Å². The maximum atomic E-state index is 9.52. The predicted molar refractivity (Wildman–Crippen MR) is 101 cm³/mol. The fraction of sp³-hybridized carbons (Fsp3) is 0.455. The summed E-state index contributed by atoms with van der Waals surface area (Å²) < 4.78 is 0. The molecule has 0 saturated heterocycles. The van der Waals surface area contributed by atoms with Crippen molar-refractivity contribution >= 4 is 11.3 Å². The Bertz CT molecular complexity index is 643. The lowest BCUT2D eigenvalue weighted by Gasteiger charge is -2.46. The zero-order chi connectivity index (χ0) is 17.3. The largest absolute Gasteiger partial charge is 0.508 e. The monoisotopic (exact) mass is 310 g/mol. The Morgan fingerprint density at radius 3 is 2.26 bits per heavy atom. The Hall–Kier alpha value is -1.76. The second-order valence-electron chi connectivity index (χ2n) is 7.41. The first-order chi connectivity index (χ1) is 10.8. The van der Waals surface area contributed by atoms with Crippen LogP contribution in [-0.4, -0.2) is 5.11 Å². The summed E-state index contributed by atoms with van der Waals surface area (Å²) in [5.41, 5.74) is 5.24. The highest BCUT2D eigenvalue weighted by Gasteiger charge is 2.41. The SMILES string of the molecule is C=C(O)c1ccc(C2=CCC(C)(CC)/C(=C\CC)C2(C)C)cc1. The number of aliphatic hydroxyl groups is 1. The van der Waals surface area contributed by atoms with E-state index < -0.39 is 0 Å². The number of benzene rings is 1. The lowest BCUT2D eigenvalue weighted by molar-refractivity contribution is 0.310. The number of aliphatic hydroxyl groups excluding tert-OH is 1. The number of allylic oxidation sites excluding steroid dienone is 4. The van der Waals surface area contributed by atoms with E-state index in [4.69, 9.17) is 0 Å². The average molecular weight is 310 g/mol. The smallest absolute Gasteiger partial charge is 0.115 e. The quantitative estimate of drug-likeness (QED) is 0.480. The third-order valence-corrected chi connectivity index (χ3v) is 5.47. The van der Waals surface area contributed by atoms with Crippen LogP contribution in [0, 0.1) is 10.8 Å². The molecule has 0 aliphatic heterocycles. The summed E-state index contributed by atoms with van der Waals surface area (Å²) in [6.07, 6.45) is 8.17. The normalized spacial score (nSPS) is 25.3. The summed E-state index contributed by atoms with van der Waals surface area (Å²) in [5, 5.41) is 9.52. The lowest BCUT2D eigenvalue weighted by Crippen LogP contribution is -2.33. The highest BCUT2D eigenvalue weighted by Crippen LogP contribution is 2.55. The van der Waals surface area contributed by atoms with Crippen LogP contribution in [0.5, 0.6) is 0 Å². The van der Waals surface area contributed by atoms with Gasteiger partial charge >= 0.3 is 0 Å². The van der Waals surface area contributed by atoms with E-state index >= 15 is 0 Å². The second kappa shape index (κ2) is 6.39. The van der Waals surface area contributed by atoms with E-state index in [0.29, 0.717) is 0 Å². The summed E-state index contributed by atoms with van der Waals surface area (Å²) in [6.45, 7) is 15.2. The molecule has 124 valence electrons. The first kappa shape index (κ1) is 17.6. The van der Waals surface area contributed by atoms with E-state index in [2.05, 4.69) is 65.5 Å². The molecular weight excluding hydrogens is 280 g/mol. The molecule has 0 amide bonds. The number of hydrogen-bond donors (Lipinski definition) is 1. The van der Waals surface area contributed by atoms with E-state index in [9.17, 15) is 5.11 Å². The molecule has 2 rings (SSSR count). The topological polar surface area (TPSA) is 20.2 Å². The maximum absolute atomic E-state index is 9.52. The third-order valence-electron chi connectivity index (χ3n) is 5.47. The molecule has 0 spiro atoms. The standard InChI is InChI=1S/C22H30O/c1-7-9-20-21(4,5)19(14-15-22(20,6)8-2)18-12-10-17(11-13-18)16(3)23/h9-14,23H,3,7-8,15H2,1-2,4-6H3/b20-9-. The molecule has 1 N–H and O–H groups in total. The first-order valence-electron chi connectivity index (χ1n) is 8.66. The van der Waals surface area contributed by atoms with Gasteiger partial charge in [-0.3, -0.25) is 0 Å². The molecule has 23 heavy (non-hydrogen) atoms. The van der Waals surface area contributed by atoms with Crippen molar-refractivity contribution in [3.63, 3.8) is 0 Å². The van der Waals surface area contributed by atoms with Gasteiger partial charge in [0.2, 0.25) is 0 Å². The van der Waals surface area contributed by atoms with Crippen LogP contribution >= 0.6 is 0 Å². The summed E-state index contributed by atoms with van der Waals surface area (Å²) in [5.74, 6) is 0.124. The molecule has 1 aliphatic carbocycles. The molecule has 1 heteroatoms. The van der Waals surface area contributed by atoms with Gasteiger partial charge in [-0.2, -0.15) is 0 Å². The second-order valence-corrected chi connectivity index (χ2v) is 7.41. The number of rotatable bonds is 4. The zero-order valence-corrected chi connectivity index (χ0v) is 15.2. The minimum atomic E-state index is 0.0246. The zero-order valence-electron chi connectivity index (χ0n) is 15.2. The summed E-state index contributed by atoms with van der Waals surface area (Å²) in [7, 11) is 0. The van der Waals surface area contributed by atoms with Gasteiger partial charge in [0.25, 0.3) is 0 Å². The van der Waals surface area contributed by atoms with Crippen molar-refractivity contribution in [2.45, 2.75) is 53.9 Å². The highest BCUT2D eigenvalue weighted by atomic mass is 16.3. The molecule has 1 nitrogen and oxygen atoms in total. The van der Waals surface area contributed by atoms with Gasteiger partial charge in [-0.05, 0) is 35.8 Å². The van der Waals surface area contributed by atoms with Crippen LogP contribution in [0.3, 0.4) is 0 Å². The Kier molecular flexibility index (Phi) is 4.89. The number of hydrogen-bond acceptors (Lipinski definition) is 1. The summed E-state index contributed by atoms with van der Waals surface area (Å²) >= 11 is 0. The molecule has 1 aliphatic rings. The third kappa shape index (κ3) is 3.15. The van der Waals surface area contributed by atoms with Crippen LogP contribution in [0.15, 0.2) is 48.6 Å². The van der Waals surface area contributed by atoms with Crippen molar-refractivity contribution in [2.75, 3.05) is 0 Å². The van der Waals surface area contributed by atoms with Gasteiger partial charge in [0.15, 0.2) is 0 Å². The van der Waals surface area contributed by atoms with E-state index in [0.717, 1.165) is 24.8 Å². The van der Waals surface area contributed by atoms with E-state index in [1.807, 2.05) is 12.1 Å². The molecule has 1 unspecified atom stereocenters. The fourth-order valence-electron chi connectivity index (χ4n) is 3.95. The highest BCUT2D eigenvalue weighted by molar-refractivity contribution is 5.75. The predicted octanol–water partition coefficient (Wildman–Crippen LogP) is 6.78. The molecule has 0 radical (unpaired) electrons. The lowest BCUT2D eigenvalue weighted by atomic mass is 9.58. The van der Waals surface area contributed by atoms with Crippen LogP contribution in [0.2, 0.25) is 0 Å². The Morgan fingerprint density at radius 1 is 1.17 bits per heavy atom. The molecule has 1 aromatic carbocycles. The molecule has 0 fully saturated rings. The van der Waals surface area contributed by atoms with Crippen LogP contribution < -0.4 is 0 Å². The van der Waals surface area contributed by atoms with Crippen molar-refractivity contribution in [1.29, 1.82) is 0 Å². The minimum absolute atomic E-state index is 0.0246. The summed E-state index contributed by atoms with van der Waals surface area (Å²) in [4.78, 5) is 0. The van der Waals surface area contributed by atoms with Crippen LogP contribution in [0.25, 0.3) is 11.3 Å². The molecule has 1 aromatic rings. The van der Waals surface area contributed by atoms with E-state index in [-0.39, 0.29) is 16.6 Å². The van der Waals surface area contributed by atoms with Crippen LogP contribution in [-0.2, 0) is 0 Å². The molecule has 0 saturated carbocycles. The Balaban J connectivity index is 2.51. The molecule has 1 atom stereocenters. The van der Waals surface area contributed by atoms with Gasteiger partial charge in [0.05, 0.1) is 0 Å². The maximum Gasteiger partial charge on any atom is 0.115 e. The van der Waals surface area contributed by atoms with Crippen molar-refractivity contribution in [3.05, 3.63) is 59.7 Å². The van der Waals surface area contributed by atoms with E-state index in [1.165, 1.54) is 11.1 Å². The Morgan fingerprint density at radius 2 is 1.78 bits per heavy atom. The van der Waals surface area contributed by atoms with Gasteiger partial charge in [-0.15, -0.1) is 0 Å². The molecule has 0 aromatic heterocycles. The first-order valence-corrected chi connectivity index (χ1v) is 8.66. The Labute approximate surface area is 141 Å². The van der Waals surface area contributed by atoms with E-state index in [1.54, 1.807) is 5.57 Å². The van der Waals surface area contributed by atoms with Gasteiger partial charge in [0.1, 0.15) is 5.76 Å². The molecule has 0 heterocycles. The van der Waals surface area contributed by atoms with Gasteiger partial charge in [-0.25, -0.2) is 0 Å². The van der Waals surface area contributed by atoms with Crippen LogP contribution in [0.1, 0.15) is 65.0 Å². The van der Waals surface area contributed by atoms with Crippen LogP contribution in [0.4, 0.5) is 0 Å². The van der Waals surface area contributed by atoms with Crippen molar-refractivity contribution < 1.29 is 5.11 Å². The molecule has 0 bridgehead atoms. The van der Waals surface area contributed by atoms with Crippen molar-refractivity contribution in [1.82, 2.24) is 0 Å². The summed E-state index contributed by atoms with van der Waals surface area (Å²) in [6, 6.07) is 8.10. The average Bonchev–Trinajstić information content (AvgIpc) is 2.51.